The number of fused-ring (bicyclic) bond motifs is 1. The van der Waals surface area contributed by atoms with Crippen molar-refractivity contribution in [2.24, 2.45) is 0 Å². The lowest BCUT2D eigenvalue weighted by atomic mass is 9.89. The van der Waals surface area contributed by atoms with Gasteiger partial charge in [0.25, 0.3) is 0 Å². The van der Waals surface area contributed by atoms with Crippen molar-refractivity contribution in [2.75, 3.05) is 41.5 Å². The van der Waals surface area contributed by atoms with Gasteiger partial charge in [0.05, 0.1) is 26.9 Å². The number of hydrogen-bond donors (Lipinski definition) is 1. The molecule has 31 heavy (non-hydrogen) atoms. The van der Waals surface area contributed by atoms with Crippen molar-refractivity contribution < 1.29 is 19.3 Å². The normalized spacial score (nSPS) is 15.3. The van der Waals surface area contributed by atoms with Crippen molar-refractivity contribution in [2.45, 2.75) is 50.5 Å². The molecule has 0 spiro atoms. The maximum Gasteiger partial charge on any atom is 0.161 e. The van der Waals surface area contributed by atoms with Crippen molar-refractivity contribution in [1.29, 1.82) is 0 Å². The van der Waals surface area contributed by atoms with Crippen LogP contribution in [0.1, 0.15) is 42.4 Å². The number of ether oxygens (including phenoxy) is 3. The average Bonchev–Trinajstić information content (AvgIpc) is 2.95. The van der Waals surface area contributed by atoms with E-state index in [1.807, 2.05) is 12.1 Å². The van der Waals surface area contributed by atoms with Gasteiger partial charge in [-0.3, -0.25) is 0 Å². The molecular formula is C26H37NO4. The van der Waals surface area contributed by atoms with Gasteiger partial charge in [0, 0.05) is 6.54 Å². The molecule has 0 amide bonds. The van der Waals surface area contributed by atoms with Gasteiger partial charge in [0.1, 0.15) is 5.75 Å². The van der Waals surface area contributed by atoms with E-state index in [1.54, 1.807) is 21.3 Å². The minimum atomic E-state index is -0.604. The van der Waals surface area contributed by atoms with Gasteiger partial charge in [-0.2, -0.15) is 0 Å². The van der Waals surface area contributed by atoms with Gasteiger partial charge in [-0.25, -0.2) is 0 Å². The monoisotopic (exact) mass is 427 g/mol. The fourth-order valence-corrected chi connectivity index (χ4v) is 4.48. The predicted octanol–water partition coefficient (Wildman–Crippen LogP) is 4.28. The van der Waals surface area contributed by atoms with E-state index in [1.165, 1.54) is 16.7 Å². The summed E-state index contributed by atoms with van der Waals surface area (Å²) >= 11 is 0. The van der Waals surface area contributed by atoms with Crippen molar-refractivity contribution in [3.8, 4) is 17.2 Å². The zero-order chi connectivity index (χ0) is 22.3. The van der Waals surface area contributed by atoms with Crippen LogP contribution in [0.3, 0.4) is 0 Å². The summed E-state index contributed by atoms with van der Waals surface area (Å²) in [6.07, 6.45) is 6.16. The van der Waals surface area contributed by atoms with Gasteiger partial charge in [-0.15, -0.1) is 0 Å². The first kappa shape index (κ1) is 23.4. The topological polar surface area (TPSA) is 51.2 Å². The first-order valence-corrected chi connectivity index (χ1v) is 11.2. The Labute approximate surface area is 186 Å². The summed E-state index contributed by atoms with van der Waals surface area (Å²) in [5.41, 5.74) is 3.22. The molecule has 5 nitrogen and oxygen atoms in total. The number of rotatable bonds is 10. The zero-order valence-corrected chi connectivity index (χ0v) is 19.4. The first-order chi connectivity index (χ1) is 15.0. The summed E-state index contributed by atoms with van der Waals surface area (Å²) in [5, 5.41) is 11.3. The molecule has 0 aliphatic heterocycles. The second kappa shape index (κ2) is 10.9. The lowest BCUT2D eigenvalue weighted by molar-refractivity contribution is 0.0135. The smallest absolute Gasteiger partial charge is 0.161 e. The summed E-state index contributed by atoms with van der Waals surface area (Å²) in [6, 6.07) is 12.4. The molecule has 1 aliphatic carbocycles. The summed E-state index contributed by atoms with van der Waals surface area (Å²) < 4.78 is 16.2. The Hall–Kier alpha value is -2.24. The number of aliphatic hydroxyl groups is 1. The van der Waals surface area contributed by atoms with Gasteiger partial charge in [-0.1, -0.05) is 12.1 Å². The van der Waals surface area contributed by atoms with Gasteiger partial charge in [-0.05, 0) is 99.5 Å². The SMILES string of the molecule is COc1cccc(CCN(C)CCCC2(O)CCc3cc(OC)c(OC)cc3CC2)c1. The number of methoxy groups -OCH3 is 3. The minimum absolute atomic E-state index is 0.604. The Balaban J connectivity index is 1.47. The van der Waals surface area contributed by atoms with E-state index in [9.17, 15) is 5.11 Å². The number of hydrogen-bond acceptors (Lipinski definition) is 5. The molecule has 0 fully saturated rings. The van der Waals surface area contributed by atoms with Crippen LogP contribution >= 0.6 is 0 Å². The van der Waals surface area contributed by atoms with Gasteiger partial charge in [0.15, 0.2) is 11.5 Å². The molecule has 0 unspecified atom stereocenters. The van der Waals surface area contributed by atoms with E-state index < -0.39 is 5.60 Å². The molecular weight excluding hydrogens is 390 g/mol. The molecule has 2 aromatic carbocycles. The van der Waals surface area contributed by atoms with Crippen LogP contribution in [0.15, 0.2) is 36.4 Å². The molecule has 0 bridgehead atoms. The van der Waals surface area contributed by atoms with E-state index in [4.69, 9.17) is 14.2 Å². The van der Waals surface area contributed by atoms with Crippen LogP contribution in [0.25, 0.3) is 0 Å². The Morgan fingerprint density at radius 3 is 2.13 bits per heavy atom. The molecule has 0 saturated heterocycles. The molecule has 3 rings (SSSR count). The van der Waals surface area contributed by atoms with E-state index in [2.05, 4.69) is 36.2 Å². The van der Waals surface area contributed by atoms with Crippen LogP contribution in [0.4, 0.5) is 0 Å². The second-order valence-corrected chi connectivity index (χ2v) is 8.71. The number of likely N-dealkylation sites (N-methyl/N-ethyl adjacent to an activating group) is 1. The molecule has 1 N–H and O–H groups in total. The van der Waals surface area contributed by atoms with Crippen molar-refractivity contribution in [3.63, 3.8) is 0 Å². The quantitative estimate of drug-likeness (QED) is 0.574. The second-order valence-electron chi connectivity index (χ2n) is 8.71. The van der Waals surface area contributed by atoms with Crippen molar-refractivity contribution in [1.82, 2.24) is 4.90 Å². The Bertz CT molecular complexity index is 816. The van der Waals surface area contributed by atoms with Gasteiger partial charge in [0.2, 0.25) is 0 Å². The third-order valence-corrected chi connectivity index (χ3v) is 6.52. The molecule has 2 aromatic rings. The first-order valence-electron chi connectivity index (χ1n) is 11.2. The number of nitrogens with zero attached hydrogens (tertiary/aromatic N) is 1. The molecule has 5 heteroatoms. The molecule has 0 radical (unpaired) electrons. The lowest BCUT2D eigenvalue weighted by Crippen LogP contribution is -2.31. The van der Waals surface area contributed by atoms with Gasteiger partial charge >= 0.3 is 0 Å². The van der Waals surface area contributed by atoms with Gasteiger partial charge < -0.3 is 24.2 Å². The highest BCUT2D eigenvalue weighted by Gasteiger charge is 2.30. The summed E-state index contributed by atoms with van der Waals surface area (Å²) in [5.74, 6) is 2.45. The summed E-state index contributed by atoms with van der Waals surface area (Å²) in [4.78, 5) is 2.35. The zero-order valence-electron chi connectivity index (χ0n) is 19.4. The molecule has 0 atom stereocenters. The van der Waals surface area contributed by atoms with Crippen LogP contribution in [-0.2, 0) is 19.3 Å². The fraction of sp³-hybridized carbons (Fsp3) is 0.538. The highest BCUT2D eigenvalue weighted by atomic mass is 16.5. The maximum atomic E-state index is 11.3. The largest absolute Gasteiger partial charge is 0.497 e. The van der Waals surface area contributed by atoms with Crippen molar-refractivity contribution >= 4 is 0 Å². The van der Waals surface area contributed by atoms with Crippen LogP contribution in [0.2, 0.25) is 0 Å². The molecule has 0 saturated carbocycles. The maximum absolute atomic E-state index is 11.3. The molecule has 170 valence electrons. The van der Waals surface area contributed by atoms with E-state index in [-0.39, 0.29) is 0 Å². The van der Waals surface area contributed by atoms with Crippen LogP contribution < -0.4 is 14.2 Å². The van der Waals surface area contributed by atoms with Crippen LogP contribution in [0, 0.1) is 0 Å². The number of benzene rings is 2. The Morgan fingerprint density at radius 2 is 1.55 bits per heavy atom. The fourth-order valence-electron chi connectivity index (χ4n) is 4.48. The third-order valence-electron chi connectivity index (χ3n) is 6.52. The number of aryl methyl sites for hydroxylation is 2. The van der Waals surface area contributed by atoms with E-state index in [0.717, 1.165) is 75.3 Å². The molecule has 1 aliphatic rings. The van der Waals surface area contributed by atoms with Crippen molar-refractivity contribution in [3.05, 3.63) is 53.1 Å². The molecule has 0 heterocycles. The summed E-state index contributed by atoms with van der Waals surface area (Å²) in [7, 11) is 7.20. The predicted molar refractivity (Wildman–Crippen MR) is 125 cm³/mol. The van der Waals surface area contributed by atoms with E-state index in [0.29, 0.717) is 0 Å². The minimum Gasteiger partial charge on any atom is -0.497 e. The van der Waals surface area contributed by atoms with Crippen LogP contribution in [0.5, 0.6) is 17.2 Å². The average molecular weight is 428 g/mol. The van der Waals surface area contributed by atoms with E-state index >= 15 is 0 Å². The van der Waals surface area contributed by atoms with Crippen LogP contribution in [-0.4, -0.2) is 57.1 Å². The highest BCUT2D eigenvalue weighted by Crippen LogP contribution is 2.37. The standard InChI is InChI=1S/C26H37NO4/c1-27(16-11-20-7-5-8-23(17-20)29-2)15-6-12-26(28)13-9-21-18-24(30-3)25(31-4)19-22(21)10-14-26/h5,7-8,17-19,28H,6,9-16H2,1-4H3. The Morgan fingerprint density at radius 1 is 0.903 bits per heavy atom. The highest BCUT2D eigenvalue weighted by molar-refractivity contribution is 5.48. The third kappa shape index (κ3) is 6.37. The molecule has 0 aromatic heterocycles. The lowest BCUT2D eigenvalue weighted by Gasteiger charge is -2.27. The Kier molecular flexibility index (Phi) is 8.22. The summed E-state index contributed by atoms with van der Waals surface area (Å²) in [6.45, 7) is 1.98.